The first kappa shape index (κ1) is 21.4. The summed E-state index contributed by atoms with van der Waals surface area (Å²) in [5.74, 6) is 1.97. The van der Waals surface area contributed by atoms with E-state index in [1.807, 2.05) is 21.7 Å². The van der Waals surface area contributed by atoms with Crippen molar-refractivity contribution >= 4 is 34.4 Å². The Morgan fingerprint density at radius 3 is 2.79 bits per heavy atom. The molecule has 0 saturated carbocycles. The van der Waals surface area contributed by atoms with Crippen LogP contribution in [-0.4, -0.2) is 43.1 Å². The van der Waals surface area contributed by atoms with Gasteiger partial charge in [-0.2, -0.15) is 0 Å². The first-order valence-electron chi connectivity index (χ1n) is 11.2. The van der Waals surface area contributed by atoms with Gasteiger partial charge in [0.15, 0.2) is 10.8 Å². The second kappa shape index (κ2) is 8.82. The molecule has 1 aliphatic heterocycles. The Morgan fingerprint density at radius 1 is 1.27 bits per heavy atom. The second-order valence-corrected chi connectivity index (χ2v) is 9.79. The van der Waals surface area contributed by atoms with Crippen molar-refractivity contribution in [2.24, 2.45) is 5.92 Å². The number of carbonyl (C=O) groups excluding carboxylic acids is 2. The topological polar surface area (TPSA) is 95.4 Å². The van der Waals surface area contributed by atoms with Gasteiger partial charge in [0, 0.05) is 19.2 Å². The van der Waals surface area contributed by atoms with Crippen LogP contribution >= 0.6 is 11.3 Å². The number of benzene rings is 1. The summed E-state index contributed by atoms with van der Waals surface area (Å²) in [5, 5.41) is 2.57. The molecule has 1 saturated heterocycles. The molecule has 170 valence electrons. The highest BCUT2D eigenvalue weighted by molar-refractivity contribution is 7.20. The van der Waals surface area contributed by atoms with Crippen molar-refractivity contribution in [1.29, 1.82) is 0 Å². The van der Waals surface area contributed by atoms with E-state index in [1.54, 1.807) is 17.5 Å². The average Bonchev–Trinajstić information content (AvgIpc) is 3.56. The number of rotatable bonds is 7. The summed E-state index contributed by atoms with van der Waals surface area (Å²) in [6.45, 7) is 4.96. The highest BCUT2D eigenvalue weighted by atomic mass is 32.1. The Hall–Kier alpha value is -3.46. The van der Waals surface area contributed by atoms with E-state index in [4.69, 9.17) is 0 Å². The van der Waals surface area contributed by atoms with Crippen LogP contribution in [0.15, 0.2) is 42.9 Å². The molecule has 1 aliphatic rings. The van der Waals surface area contributed by atoms with Gasteiger partial charge in [0.25, 0.3) is 0 Å². The number of aromatic nitrogens is 4. The third-order valence-electron chi connectivity index (χ3n) is 5.91. The van der Waals surface area contributed by atoms with E-state index in [-0.39, 0.29) is 11.9 Å². The lowest BCUT2D eigenvalue weighted by Gasteiger charge is -2.24. The maximum Gasteiger partial charge on any atom is 0.223 e. The molecule has 5 rings (SSSR count). The third-order valence-corrected chi connectivity index (χ3v) is 6.96. The predicted molar refractivity (Wildman–Crippen MR) is 129 cm³/mol. The van der Waals surface area contributed by atoms with Crippen LogP contribution in [-0.2, 0) is 9.59 Å². The summed E-state index contributed by atoms with van der Waals surface area (Å²) >= 11 is 1.56. The molecule has 0 unspecified atom stereocenters. The van der Waals surface area contributed by atoms with Crippen LogP contribution in [0.3, 0.4) is 0 Å². The van der Waals surface area contributed by atoms with Crippen molar-refractivity contribution in [2.75, 3.05) is 11.9 Å². The molecule has 0 aliphatic carbocycles. The third kappa shape index (κ3) is 4.28. The molecule has 3 aromatic heterocycles. The molecule has 4 heterocycles. The van der Waals surface area contributed by atoms with Gasteiger partial charge in [-0.05, 0) is 29.9 Å². The standard InChI is InChI=1S/C24H26N6O2S/c1-15(2)10-22(32)30-9-3-4-19(30)23-25-11-18(27-23)16-5-7-17(8-6-16)20-12-29-13-21(26-14-31)28-24(29)33-20/h5-8,11-15,19H,3-4,9-10H2,1-2H3,(H,25,27)(H,26,31)/t19-/m0/s1. The number of H-pyrrole nitrogens is 1. The lowest BCUT2D eigenvalue weighted by molar-refractivity contribution is -0.133. The number of imidazole rings is 2. The Kier molecular flexibility index (Phi) is 5.72. The number of carbonyl (C=O) groups is 2. The van der Waals surface area contributed by atoms with Crippen LogP contribution in [0.1, 0.15) is 45.0 Å². The van der Waals surface area contributed by atoms with Gasteiger partial charge in [0.1, 0.15) is 5.82 Å². The van der Waals surface area contributed by atoms with Crippen molar-refractivity contribution < 1.29 is 9.59 Å². The first-order chi connectivity index (χ1) is 16.0. The van der Waals surface area contributed by atoms with Crippen molar-refractivity contribution in [3.63, 3.8) is 0 Å². The molecular formula is C24H26N6O2S. The van der Waals surface area contributed by atoms with Crippen molar-refractivity contribution in [3.05, 3.63) is 48.7 Å². The van der Waals surface area contributed by atoms with Crippen LogP contribution in [0.25, 0.3) is 26.7 Å². The second-order valence-electron chi connectivity index (χ2n) is 8.78. The lowest BCUT2D eigenvalue weighted by atomic mass is 10.1. The number of nitrogens with one attached hydrogen (secondary N) is 2. The molecular weight excluding hydrogens is 436 g/mol. The summed E-state index contributed by atoms with van der Waals surface area (Å²) < 4.78 is 1.91. The summed E-state index contributed by atoms with van der Waals surface area (Å²) in [4.78, 5) is 39.6. The minimum Gasteiger partial charge on any atom is -0.340 e. The minimum absolute atomic E-state index is 0.0326. The number of aromatic amines is 1. The van der Waals surface area contributed by atoms with Gasteiger partial charge >= 0.3 is 0 Å². The highest BCUT2D eigenvalue weighted by Crippen LogP contribution is 2.34. The van der Waals surface area contributed by atoms with Gasteiger partial charge in [0.05, 0.1) is 29.0 Å². The van der Waals surface area contributed by atoms with Crippen LogP contribution < -0.4 is 5.32 Å². The number of hydrogen-bond donors (Lipinski definition) is 2. The molecule has 2 amide bonds. The molecule has 1 atom stereocenters. The highest BCUT2D eigenvalue weighted by Gasteiger charge is 2.32. The fraction of sp³-hybridized carbons (Fsp3) is 0.333. The van der Waals surface area contributed by atoms with Crippen LogP contribution in [0.4, 0.5) is 5.82 Å². The van der Waals surface area contributed by atoms with Gasteiger partial charge in [-0.25, -0.2) is 9.97 Å². The quantitative estimate of drug-likeness (QED) is 0.388. The molecule has 4 aromatic rings. The van der Waals surface area contributed by atoms with Gasteiger partial charge in [-0.1, -0.05) is 49.4 Å². The fourth-order valence-corrected chi connectivity index (χ4v) is 5.31. The van der Waals surface area contributed by atoms with E-state index in [2.05, 4.69) is 58.4 Å². The zero-order chi connectivity index (χ0) is 22.9. The number of likely N-dealkylation sites (tertiary alicyclic amines) is 1. The average molecular weight is 463 g/mol. The summed E-state index contributed by atoms with van der Waals surface area (Å²) in [5.41, 5.74) is 3.10. The largest absolute Gasteiger partial charge is 0.340 e. The fourth-order valence-electron chi connectivity index (χ4n) is 4.34. The molecule has 0 radical (unpaired) electrons. The predicted octanol–water partition coefficient (Wildman–Crippen LogP) is 4.73. The number of anilines is 1. The Balaban J connectivity index is 1.32. The van der Waals surface area contributed by atoms with Gasteiger partial charge in [0.2, 0.25) is 12.3 Å². The van der Waals surface area contributed by atoms with Crippen molar-refractivity contribution in [1.82, 2.24) is 24.3 Å². The normalized spacial score (nSPS) is 16.1. The molecule has 1 fully saturated rings. The smallest absolute Gasteiger partial charge is 0.223 e. The Morgan fingerprint density at radius 2 is 2.06 bits per heavy atom. The van der Waals surface area contributed by atoms with Crippen LogP contribution in [0, 0.1) is 5.92 Å². The van der Waals surface area contributed by atoms with E-state index >= 15 is 0 Å². The van der Waals surface area contributed by atoms with Gasteiger partial charge in [-0.15, -0.1) is 0 Å². The minimum atomic E-state index is 0.0326. The maximum atomic E-state index is 12.6. The van der Waals surface area contributed by atoms with Crippen LogP contribution in [0.5, 0.6) is 0 Å². The molecule has 8 nitrogen and oxygen atoms in total. The van der Waals surface area contributed by atoms with E-state index in [9.17, 15) is 9.59 Å². The van der Waals surface area contributed by atoms with E-state index in [0.29, 0.717) is 24.6 Å². The molecule has 9 heteroatoms. The Labute approximate surface area is 195 Å². The molecule has 0 bridgehead atoms. The lowest BCUT2D eigenvalue weighted by Crippen LogP contribution is -2.31. The number of thiazole rings is 1. The molecule has 33 heavy (non-hydrogen) atoms. The van der Waals surface area contributed by atoms with Crippen molar-refractivity contribution in [3.8, 4) is 21.7 Å². The molecule has 2 N–H and O–H groups in total. The SMILES string of the molecule is CC(C)CC(=O)N1CCC[C@H]1c1ncc(-c2ccc(-c3cn4cc(NC=O)nc4s3)cc2)[nH]1. The zero-order valence-corrected chi connectivity index (χ0v) is 19.4. The first-order valence-corrected chi connectivity index (χ1v) is 12.0. The maximum absolute atomic E-state index is 12.6. The summed E-state index contributed by atoms with van der Waals surface area (Å²) in [6.07, 6.45) is 8.82. The zero-order valence-electron chi connectivity index (χ0n) is 18.6. The monoisotopic (exact) mass is 462 g/mol. The number of nitrogens with zero attached hydrogens (tertiary/aromatic N) is 4. The van der Waals surface area contributed by atoms with E-state index in [0.717, 1.165) is 51.9 Å². The van der Waals surface area contributed by atoms with Gasteiger partial charge < -0.3 is 15.2 Å². The number of fused-ring (bicyclic) bond motifs is 1. The summed E-state index contributed by atoms with van der Waals surface area (Å²) in [7, 11) is 0. The van der Waals surface area contributed by atoms with Crippen LogP contribution in [0.2, 0.25) is 0 Å². The van der Waals surface area contributed by atoms with Crippen molar-refractivity contribution in [2.45, 2.75) is 39.2 Å². The number of hydrogen-bond acceptors (Lipinski definition) is 5. The van der Waals surface area contributed by atoms with E-state index in [1.165, 1.54) is 0 Å². The summed E-state index contributed by atoms with van der Waals surface area (Å²) in [6, 6.07) is 8.35. The number of amides is 2. The molecule has 1 aromatic carbocycles. The van der Waals surface area contributed by atoms with E-state index < -0.39 is 0 Å². The van der Waals surface area contributed by atoms with Gasteiger partial charge in [-0.3, -0.25) is 14.0 Å². The Bertz CT molecular complexity index is 1250. The molecule has 0 spiro atoms.